The number of esters is 1. The second kappa shape index (κ2) is 6.95. The van der Waals surface area contributed by atoms with Crippen molar-refractivity contribution in [3.8, 4) is 0 Å². The summed E-state index contributed by atoms with van der Waals surface area (Å²) in [5.41, 5.74) is 1.35. The predicted octanol–water partition coefficient (Wildman–Crippen LogP) is 2.14. The summed E-state index contributed by atoms with van der Waals surface area (Å²) in [7, 11) is 1.30. The summed E-state index contributed by atoms with van der Waals surface area (Å²) in [5, 5.41) is 11.3. The van der Waals surface area contributed by atoms with Crippen molar-refractivity contribution >= 4 is 22.6 Å². The first-order chi connectivity index (χ1) is 11.7. The summed E-state index contributed by atoms with van der Waals surface area (Å²) in [6.45, 7) is 0. The fourth-order valence-corrected chi connectivity index (χ4v) is 2.55. The van der Waals surface area contributed by atoms with E-state index in [1.54, 1.807) is 12.3 Å². The lowest BCUT2D eigenvalue weighted by Gasteiger charge is -2.17. The summed E-state index contributed by atoms with van der Waals surface area (Å²) in [6, 6.07) is 14.3. The highest BCUT2D eigenvalue weighted by Gasteiger charge is 2.24. The molecule has 3 aromatic rings. The van der Waals surface area contributed by atoms with Gasteiger partial charge in [-0.15, -0.1) is 0 Å². The van der Waals surface area contributed by atoms with Gasteiger partial charge in [0.2, 0.25) is 5.91 Å². The maximum Gasteiger partial charge on any atom is 0.333 e. The Morgan fingerprint density at radius 1 is 1.17 bits per heavy atom. The van der Waals surface area contributed by atoms with Crippen molar-refractivity contribution in [1.82, 2.24) is 15.5 Å². The molecule has 3 rings (SSSR count). The average molecular weight is 323 g/mol. The Labute approximate surface area is 138 Å². The highest BCUT2D eigenvalue weighted by Crippen LogP contribution is 2.21. The molecular formula is C18H17N3O3. The lowest BCUT2D eigenvalue weighted by Crippen LogP contribution is -2.35. The van der Waals surface area contributed by atoms with Gasteiger partial charge in [0.15, 0.2) is 6.04 Å². The van der Waals surface area contributed by atoms with E-state index in [0.717, 1.165) is 10.8 Å². The summed E-state index contributed by atoms with van der Waals surface area (Å²) < 4.78 is 4.84. The van der Waals surface area contributed by atoms with Crippen LogP contribution in [0, 0.1) is 0 Å². The molecule has 1 atom stereocenters. The van der Waals surface area contributed by atoms with Crippen LogP contribution in [0.15, 0.2) is 54.7 Å². The summed E-state index contributed by atoms with van der Waals surface area (Å²) in [4.78, 5) is 24.3. The van der Waals surface area contributed by atoms with Crippen LogP contribution in [0.3, 0.4) is 0 Å². The Bertz CT molecular complexity index is 859. The van der Waals surface area contributed by atoms with Crippen molar-refractivity contribution < 1.29 is 14.3 Å². The number of methoxy groups -OCH3 is 1. The highest BCUT2D eigenvalue weighted by atomic mass is 16.5. The van der Waals surface area contributed by atoms with E-state index in [2.05, 4.69) is 15.5 Å². The van der Waals surface area contributed by atoms with E-state index in [0.29, 0.717) is 11.3 Å². The fraction of sp³-hybridized carbons (Fsp3) is 0.167. The third-order valence-corrected chi connectivity index (χ3v) is 3.76. The van der Waals surface area contributed by atoms with Crippen LogP contribution in [-0.2, 0) is 20.7 Å². The first-order valence-electron chi connectivity index (χ1n) is 7.51. The molecule has 2 aromatic carbocycles. The normalized spacial score (nSPS) is 11.9. The van der Waals surface area contributed by atoms with Crippen LogP contribution in [0.1, 0.15) is 17.3 Å². The van der Waals surface area contributed by atoms with E-state index < -0.39 is 12.0 Å². The number of H-pyrrole nitrogens is 1. The van der Waals surface area contributed by atoms with Crippen molar-refractivity contribution in [3.05, 3.63) is 66.0 Å². The zero-order valence-electron chi connectivity index (χ0n) is 13.2. The molecule has 0 aliphatic carbocycles. The number of hydrogen-bond donors (Lipinski definition) is 2. The van der Waals surface area contributed by atoms with Gasteiger partial charge < -0.3 is 10.1 Å². The van der Waals surface area contributed by atoms with Crippen molar-refractivity contribution in [2.24, 2.45) is 0 Å². The zero-order valence-corrected chi connectivity index (χ0v) is 13.2. The van der Waals surface area contributed by atoms with Crippen LogP contribution in [0.5, 0.6) is 0 Å². The number of rotatable bonds is 5. The summed E-state index contributed by atoms with van der Waals surface area (Å²) in [6.07, 6.45) is 1.69. The van der Waals surface area contributed by atoms with Crippen LogP contribution in [0.4, 0.5) is 0 Å². The van der Waals surface area contributed by atoms with E-state index in [-0.39, 0.29) is 12.3 Å². The largest absolute Gasteiger partial charge is 0.467 e. The Morgan fingerprint density at radius 3 is 2.67 bits per heavy atom. The topological polar surface area (TPSA) is 84.1 Å². The van der Waals surface area contributed by atoms with Gasteiger partial charge in [-0.25, -0.2) is 4.79 Å². The Kier molecular flexibility index (Phi) is 4.56. The molecule has 0 bridgehead atoms. The quantitative estimate of drug-likeness (QED) is 0.705. The highest BCUT2D eigenvalue weighted by molar-refractivity contribution is 5.89. The minimum Gasteiger partial charge on any atom is -0.467 e. The van der Waals surface area contributed by atoms with Gasteiger partial charge in [-0.3, -0.25) is 9.89 Å². The molecule has 0 saturated heterocycles. The van der Waals surface area contributed by atoms with Crippen LogP contribution in [0.2, 0.25) is 0 Å². The first kappa shape index (κ1) is 15.7. The second-order valence-corrected chi connectivity index (χ2v) is 5.39. The number of amides is 1. The molecule has 0 saturated carbocycles. The van der Waals surface area contributed by atoms with Gasteiger partial charge in [-0.05, 0) is 28.5 Å². The molecular weight excluding hydrogens is 306 g/mol. The van der Waals surface area contributed by atoms with Gasteiger partial charge in [0.25, 0.3) is 0 Å². The predicted molar refractivity (Wildman–Crippen MR) is 89.1 cm³/mol. The van der Waals surface area contributed by atoms with Gasteiger partial charge in [0.1, 0.15) is 0 Å². The zero-order chi connectivity index (χ0) is 16.9. The second-order valence-electron chi connectivity index (χ2n) is 5.39. The molecule has 122 valence electrons. The van der Waals surface area contributed by atoms with Gasteiger partial charge in [0.05, 0.1) is 13.5 Å². The third-order valence-electron chi connectivity index (χ3n) is 3.76. The number of aromatic amines is 1. The standard InChI is InChI=1S/C18H17N3O3/c1-24-18(23)17(20-16(22)11-15-8-9-19-21-15)14-7-6-12-4-2-3-5-13(12)10-14/h2-10,17H,11H2,1H3,(H,19,21)(H,20,22)/t17-/m0/s1. The minimum atomic E-state index is -0.852. The number of fused-ring (bicyclic) bond motifs is 1. The number of ether oxygens (including phenoxy) is 1. The lowest BCUT2D eigenvalue weighted by molar-refractivity contribution is -0.145. The van der Waals surface area contributed by atoms with Gasteiger partial charge in [-0.2, -0.15) is 5.10 Å². The van der Waals surface area contributed by atoms with Gasteiger partial charge in [0, 0.05) is 11.9 Å². The molecule has 0 unspecified atom stereocenters. The molecule has 0 radical (unpaired) electrons. The molecule has 1 amide bonds. The lowest BCUT2D eigenvalue weighted by atomic mass is 10.0. The number of carbonyl (C=O) groups is 2. The molecule has 0 aliphatic heterocycles. The molecule has 24 heavy (non-hydrogen) atoms. The van der Waals surface area contributed by atoms with E-state index in [4.69, 9.17) is 4.74 Å². The van der Waals surface area contributed by atoms with Gasteiger partial charge >= 0.3 is 5.97 Å². The Morgan fingerprint density at radius 2 is 1.96 bits per heavy atom. The van der Waals surface area contributed by atoms with Crippen LogP contribution < -0.4 is 5.32 Å². The van der Waals surface area contributed by atoms with Crippen molar-refractivity contribution in [3.63, 3.8) is 0 Å². The molecule has 0 spiro atoms. The first-order valence-corrected chi connectivity index (χ1v) is 7.51. The van der Waals surface area contributed by atoms with Gasteiger partial charge in [-0.1, -0.05) is 36.4 Å². The van der Waals surface area contributed by atoms with E-state index >= 15 is 0 Å². The van der Waals surface area contributed by atoms with E-state index in [9.17, 15) is 9.59 Å². The number of carbonyl (C=O) groups excluding carboxylic acids is 2. The maximum absolute atomic E-state index is 12.2. The third kappa shape index (κ3) is 3.43. The number of nitrogens with one attached hydrogen (secondary N) is 2. The number of benzene rings is 2. The number of hydrogen-bond acceptors (Lipinski definition) is 4. The molecule has 1 heterocycles. The van der Waals surface area contributed by atoms with Crippen LogP contribution in [0.25, 0.3) is 10.8 Å². The average Bonchev–Trinajstić information content (AvgIpc) is 3.11. The number of aromatic nitrogens is 2. The summed E-state index contributed by atoms with van der Waals surface area (Å²) in [5.74, 6) is -0.800. The van der Waals surface area contributed by atoms with E-state index in [1.165, 1.54) is 7.11 Å². The molecule has 0 aliphatic rings. The van der Waals surface area contributed by atoms with Crippen molar-refractivity contribution in [2.75, 3.05) is 7.11 Å². The smallest absolute Gasteiger partial charge is 0.333 e. The molecule has 6 nitrogen and oxygen atoms in total. The molecule has 1 aromatic heterocycles. The monoisotopic (exact) mass is 323 g/mol. The molecule has 0 fully saturated rings. The fourth-order valence-electron chi connectivity index (χ4n) is 2.55. The summed E-state index contributed by atoms with van der Waals surface area (Å²) >= 11 is 0. The minimum absolute atomic E-state index is 0.112. The Hall–Kier alpha value is -3.15. The maximum atomic E-state index is 12.2. The van der Waals surface area contributed by atoms with Crippen molar-refractivity contribution in [1.29, 1.82) is 0 Å². The molecule has 6 heteroatoms. The molecule has 2 N–H and O–H groups in total. The van der Waals surface area contributed by atoms with Crippen LogP contribution in [-0.4, -0.2) is 29.2 Å². The SMILES string of the molecule is COC(=O)[C@@H](NC(=O)Cc1ccn[nH]1)c1ccc2ccccc2c1. The van der Waals surface area contributed by atoms with Crippen LogP contribution >= 0.6 is 0 Å². The van der Waals surface area contributed by atoms with E-state index in [1.807, 2.05) is 42.5 Å². The van der Waals surface area contributed by atoms with Crippen molar-refractivity contribution in [2.45, 2.75) is 12.5 Å². The number of nitrogens with zero attached hydrogens (tertiary/aromatic N) is 1. The Balaban J connectivity index is 1.84.